The lowest BCUT2D eigenvalue weighted by Gasteiger charge is -2.25. The summed E-state index contributed by atoms with van der Waals surface area (Å²) in [4.78, 5) is 14.2. The molecule has 0 aliphatic heterocycles. The number of hydrogen-bond donors (Lipinski definition) is 0. The average molecular weight is 315 g/mol. The highest BCUT2D eigenvalue weighted by atomic mass is 16.1. The first kappa shape index (κ1) is 16.0. The van der Waals surface area contributed by atoms with Gasteiger partial charge in [0.05, 0.1) is 0 Å². The summed E-state index contributed by atoms with van der Waals surface area (Å²) >= 11 is 0. The molecule has 3 rings (SSSR count). The molecule has 0 amide bonds. The van der Waals surface area contributed by atoms with Gasteiger partial charge in [0.1, 0.15) is 0 Å². The lowest BCUT2D eigenvalue weighted by Crippen LogP contribution is -2.10. The molecule has 0 aromatic heterocycles. The van der Waals surface area contributed by atoms with Gasteiger partial charge in [-0.3, -0.25) is 4.79 Å². The van der Waals surface area contributed by atoms with Gasteiger partial charge in [0.25, 0.3) is 0 Å². The lowest BCUT2D eigenvalue weighted by molar-refractivity contribution is 0.0982. The molecule has 0 N–H and O–H groups in total. The Kier molecular flexibility index (Phi) is 5.07. The second kappa shape index (κ2) is 7.60. The maximum Gasteiger partial charge on any atom is 0.162 e. The van der Waals surface area contributed by atoms with E-state index < -0.39 is 0 Å². The highest BCUT2D eigenvalue weighted by Crippen LogP contribution is 2.34. The van der Waals surface area contributed by atoms with Crippen molar-refractivity contribution in [1.29, 1.82) is 0 Å². The van der Waals surface area contributed by atoms with Crippen LogP contribution in [0.2, 0.25) is 0 Å². The molecule has 0 radical (unpaired) electrons. The molecule has 2 nitrogen and oxygen atoms in total. The maximum atomic E-state index is 12.1. The minimum Gasteiger partial charge on any atom is -0.311 e. The van der Waals surface area contributed by atoms with Crippen LogP contribution < -0.4 is 4.90 Å². The van der Waals surface area contributed by atoms with E-state index in [-0.39, 0.29) is 5.78 Å². The zero-order valence-electron chi connectivity index (χ0n) is 13.9. The van der Waals surface area contributed by atoms with E-state index in [2.05, 4.69) is 29.2 Å². The molecule has 2 heteroatoms. The first-order valence-corrected chi connectivity index (χ1v) is 8.33. The number of carbonyl (C=O) groups excluding carboxylic acids is 1. The van der Waals surface area contributed by atoms with Crippen LogP contribution in [0.25, 0.3) is 0 Å². The molecule has 3 aromatic carbocycles. The second-order valence-electron chi connectivity index (χ2n) is 5.73. The van der Waals surface area contributed by atoms with Gasteiger partial charge in [0, 0.05) is 29.0 Å². The number of carbonyl (C=O) groups is 1. The van der Waals surface area contributed by atoms with Crippen molar-refractivity contribution >= 4 is 22.8 Å². The molecular formula is C22H21NO. The van der Waals surface area contributed by atoms with E-state index in [4.69, 9.17) is 0 Å². The second-order valence-corrected chi connectivity index (χ2v) is 5.73. The van der Waals surface area contributed by atoms with Crippen molar-refractivity contribution in [3.05, 3.63) is 90.5 Å². The normalized spacial score (nSPS) is 10.4. The molecule has 0 aliphatic carbocycles. The summed E-state index contributed by atoms with van der Waals surface area (Å²) in [6, 6.07) is 28.4. The third-order valence-corrected chi connectivity index (χ3v) is 3.95. The highest BCUT2D eigenvalue weighted by Gasteiger charge is 2.12. The largest absolute Gasteiger partial charge is 0.311 e. The Labute approximate surface area is 143 Å². The Morgan fingerprint density at radius 3 is 1.62 bits per heavy atom. The van der Waals surface area contributed by atoms with E-state index >= 15 is 0 Å². The molecule has 0 aliphatic rings. The average Bonchev–Trinajstić information content (AvgIpc) is 2.64. The molecule has 0 saturated heterocycles. The third-order valence-electron chi connectivity index (χ3n) is 3.95. The maximum absolute atomic E-state index is 12.1. The summed E-state index contributed by atoms with van der Waals surface area (Å²) in [5, 5.41) is 0. The van der Waals surface area contributed by atoms with Crippen molar-refractivity contribution < 1.29 is 4.79 Å². The molecular weight excluding hydrogens is 294 g/mol. The summed E-state index contributed by atoms with van der Waals surface area (Å²) in [5.74, 6) is 0.204. The fraction of sp³-hybridized carbons (Fsp3) is 0.136. The fourth-order valence-corrected chi connectivity index (χ4v) is 2.77. The van der Waals surface area contributed by atoms with Gasteiger partial charge in [-0.05, 0) is 55.0 Å². The molecule has 3 aromatic rings. The third kappa shape index (κ3) is 3.54. The number of nitrogens with zero attached hydrogens (tertiary/aromatic N) is 1. The zero-order chi connectivity index (χ0) is 16.8. The van der Waals surface area contributed by atoms with Crippen molar-refractivity contribution in [2.24, 2.45) is 0 Å². The predicted molar refractivity (Wildman–Crippen MR) is 100 cm³/mol. The number of ketones is 1. The van der Waals surface area contributed by atoms with Crippen LogP contribution in [-0.2, 0) is 0 Å². The molecule has 0 fully saturated rings. The Bertz CT molecular complexity index is 740. The molecule has 24 heavy (non-hydrogen) atoms. The van der Waals surface area contributed by atoms with Gasteiger partial charge in [0.2, 0.25) is 0 Å². The van der Waals surface area contributed by atoms with E-state index in [1.807, 2.05) is 67.6 Å². The standard InChI is InChI=1S/C22H21NO/c1-2-9-22(24)18-14-16-21(17-15-18)23(19-10-5-3-6-11-19)20-12-7-4-8-13-20/h3-8,10-17H,2,9H2,1H3. The van der Waals surface area contributed by atoms with E-state index in [0.717, 1.165) is 29.0 Å². The first-order chi connectivity index (χ1) is 11.8. The molecule has 0 bridgehead atoms. The van der Waals surface area contributed by atoms with Crippen molar-refractivity contribution in [3.8, 4) is 0 Å². The van der Waals surface area contributed by atoms with E-state index in [0.29, 0.717) is 6.42 Å². The van der Waals surface area contributed by atoms with Gasteiger partial charge in [-0.1, -0.05) is 43.3 Å². The van der Waals surface area contributed by atoms with Crippen LogP contribution in [-0.4, -0.2) is 5.78 Å². The summed E-state index contributed by atoms with van der Waals surface area (Å²) in [7, 11) is 0. The van der Waals surface area contributed by atoms with Crippen molar-refractivity contribution in [2.75, 3.05) is 4.90 Å². The van der Waals surface area contributed by atoms with Crippen molar-refractivity contribution in [2.45, 2.75) is 19.8 Å². The smallest absolute Gasteiger partial charge is 0.162 e. The van der Waals surface area contributed by atoms with Crippen molar-refractivity contribution in [1.82, 2.24) is 0 Å². The number of Topliss-reactive ketones (excluding diaryl/α,β-unsaturated/α-hetero) is 1. The van der Waals surface area contributed by atoms with Gasteiger partial charge in [0.15, 0.2) is 5.78 Å². The van der Waals surface area contributed by atoms with Crippen LogP contribution in [0.15, 0.2) is 84.9 Å². The van der Waals surface area contributed by atoms with E-state index in [1.165, 1.54) is 0 Å². The molecule has 0 saturated carbocycles. The zero-order valence-corrected chi connectivity index (χ0v) is 13.9. The van der Waals surface area contributed by atoms with Gasteiger partial charge in [-0.2, -0.15) is 0 Å². The Morgan fingerprint density at radius 1 is 0.708 bits per heavy atom. The van der Waals surface area contributed by atoms with Gasteiger partial charge in [-0.15, -0.1) is 0 Å². The van der Waals surface area contributed by atoms with E-state index in [9.17, 15) is 4.79 Å². The van der Waals surface area contributed by atoms with Crippen LogP contribution in [0, 0.1) is 0 Å². The SMILES string of the molecule is CCCC(=O)c1ccc(N(c2ccccc2)c2ccccc2)cc1. The molecule has 0 spiro atoms. The Balaban J connectivity index is 1.99. The summed E-state index contributed by atoms with van der Waals surface area (Å²) in [5.41, 5.74) is 4.01. The topological polar surface area (TPSA) is 20.3 Å². The van der Waals surface area contributed by atoms with Crippen molar-refractivity contribution in [3.63, 3.8) is 0 Å². The van der Waals surface area contributed by atoms with Crippen LogP contribution in [0.3, 0.4) is 0 Å². The number of anilines is 3. The van der Waals surface area contributed by atoms with Gasteiger partial charge in [-0.25, -0.2) is 0 Å². The van der Waals surface area contributed by atoms with Crippen LogP contribution in [0.4, 0.5) is 17.1 Å². The Morgan fingerprint density at radius 2 is 1.17 bits per heavy atom. The van der Waals surface area contributed by atoms with Crippen LogP contribution in [0.1, 0.15) is 30.1 Å². The summed E-state index contributed by atoms with van der Waals surface area (Å²) < 4.78 is 0. The van der Waals surface area contributed by atoms with Gasteiger partial charge < -0.3 is 4.90 Å². The predicted octanol–water partition coefficient (Wildman–Crippen LogP) is 6.14. The molecule has 120 valence electrons. The van der Waals surface area contributed by atoms with Gasteiger partial charge >= 0.3 is 0 Å². The lowest BCUT2D eigenvalue weighted by atomic mass is 10.1. The number of para-hydroxylation sites is 2. The first-order valence-electron chi connectivity index (χ1n) is 8.33. The number of hydrogen-bond acceptors (Lipinski definition) is 2. The number of rotatable bonds is 6. The fourth-order valence-electron chi connectivity index (χ4n) is 2.77. The highest BCUT2D eigenvalue weighted by molar-refractivity contribution is 5.96. The molecule has 0 heterocycles. The summed E-state index contributed by atoms with van der Waals surface area (Å²) in [6.07, 6.45) is 1.47. The quantitative estimate of drug-likeness (QED) is 0.509. The number of benzene rings is 3. The minimum atomic E-state index is 0.204. The minimum absolute atomic E-state index is 0.204. The van der Waals surface area contributed by atoms with E-state index in [1.54, 1.807) is 0 Å². The molecule has 0 unspecified atom stereocenters. The molecule has 0 atom stereocenters. The van der Waals surface area contributed by atoms with Crippen LogP contribution in [0.5, 0.6) is 0 Å². The monoisotopic (exact) mass is 315 g/mol. The van der Waals surface area contributed by atoms with Crippen LogP contribution >= 0.6 is 0 Å². The Hall–Kier alpha value is -2.87. The summed E-state index contributed by atoms with van der Waals surface area (Å²) in [6.45, 7) is 2.03.